The van der Waals surface area contributed by atoms with Crippen LogP contribution >= 0.6 is 0 Å². The van der Waals surface area contributed by atoms with Gasteiger partial charge in [-0.2, -0.15) is 0 Å². The average Bonchev–Trinajstić information content (AvgIpc) is 3.10. The van der Waals surface area contributed by atoms with Gasteiger partial charge >= 0.3 is 0 Å². The summed E-state index contributed by atoms with van der Waals surface area (Å²) in [7, 11) is 0. The molecule has 5 aliphatic rings. The first kappa shape index (κ1) is 9.26. The molecule has 2 heteroatoms. The van der Waals surface area contributed by atoms with Crippen LogP contribution in [0.4, 0.5) is 0 Å². The van der Waals surface area contributed by atoms with Gasteiger partial charge in [-0.3, -0.25) is 9.59 Å². The van der Waals surface area contributed by atoms with E-state index in [0.717, 1.165) is 23.1 Å². The number of fused-ring (bicyclic) bond motifs is 8. The van der Waals surface area contributed by atoms with Gasteiger partial charge in [-0.1, -0.05) is 30.4 Å². The van der Waals surface area contributed by atoms with Gasteiger partial charge in [-0.05, 0) is 29.4 Å². The second-order valence-electron chi connectivity index (χ2n) is 6.05. The van der Waals surface area contributed by atoms with E-state index in [9.17, 15) is 9.59 Å². The molecule has 2 saturated carbocycles. The molecule has 0 aromatic rings. The Morgan fingerprint density at radius 3 is 2.61 bits per heavy atom. The maximum Gasteiger partial charge on any atom is 0.164 e. The third-order valence-corrected chi connectivity index (χ3v) is 5.35. The van der Waals surface area contributed by atoms with Crippen molar-refractivity contribution in [3.8, 4) is 0 Å². The lowest BCUT2D eigenvalue weighted by Gasteiger charge is -2.36. The SMILES string of the molecule is O=C1C2=C3C=CC(=C3)C2C(=O)C2C3C=CC(C3)C12. The highest BCUT2D eigenvalue weighted by atomic mass is 16.1. The quantitative estimate of drug-likeness (QED) is 0.603. The van der Waals surface area contributed by atoms with Gasteiger partial charge in [0.2, 0.25) is 0 Å². The van der Waals surface area contributed by atoms with E-state index in [1.807, 2.05) is 18.2 Å². The number of Topliss-reactive ketones (excluding diaryl/α,β-unsaturated/α-hetero) is 2. The summed E-state index contributed by atoms with van der Waals surface area (Å²) >= 11 is 0. The molecule has 0 N–H and O–H groups in total. The molecular weight excluding hydrogens is 224 g/mol. The van der Waals surface area contributed by atoms with Crippen molar-refractivity contribution in [3.05, 3.63) is 47.1 Å². The predicted molar refractivity (Wildman–Crippen MR) is 65.5 cm³/mol. The Labute approximate surface area is 105 Å². The van der Waals surface area contributed by atoms with Crippen molar-refractivity contribution in [3.63, 3.8) is 0 Å². The van der Waals surface area contributed by atoms with Gasteiger partial charge in [0.05, 0.1) is 5.92 Å². The van der Waals surface area contributed by atoms with Crippen LogP contribution in [0, 0.1) is 29.6 Å². The van der Waals surface area contributed by atoms with Crippen LogP contribution in [0.5, 0.6) is 0 Å². The van der Waals surface area contributed by atoms with Gasteiger partial charge in [0.25, 0.3) is 0 Å². The Morgan fingerprint density at radius 2 is 1.78 bits per heavy atom. The molecule has 5 atom stereocenters. The van der Waals surface area contributed by atoms with E-state index in [0.29, 0.717) is 17.6 Å². The smallest absolute Gasteiger partial charge is 0.164 e. The summed E-state index contributed by atoms with van der Waals surface area (Å²) in [4.78, 5) is 25.4. The van der Waals surface area contributed by atoms with Crippen molar-refractivity contribution in [1.29, 1.82) is 0 Å². The van der Waals surface area contributed by atoms with Gasteiger partial charge in [-0.15, -0.1) is 0 Å². The highest BCUT2D eigenvalue weighted by Crippen LogP contribution is 2.57. The lowest BCUT2D eigenvalue weighted by atomic mass is 9.64. The van der Waals surface area contributed by atoms with Crippen molar-refractivity contribution >= 4 is 11.6 Å². The van der Waals surface area contributed by atoms with Gasteiger partial charge < -0.3 is 0 Å². The van der Waals surface area contributed by atoms with E-state index >= 15 is 0 Å². The van der Waals surface area contributed by atoms with Crippen LogP contribution in [-0.4, -0.2) is 11.6 Å². The molecule has 4 bridgehead atoms. The number of carbonyl (C=O) groups excluding carboxylic acids is 2. The first-order chi connectivity index (χ1) is 8.75. The lowest BCUT2D eigenvalue weighted by Crippen LogP contribution is -2.45. The minimum Gasteiger partial charge on any atom is -0.298 e. The summed E-state index contributed by atoms with van der Waals surface area (Å²) in [5.41, 5.74) is 2.85. The second kappa shape index (κ2) is 2.66. The van der Waals surface area contributed by atoms with Crippen molar-refractivity contribution in [2.45, 2.75) is 6.42 Å². The summed E-state index contributed by atoms with van der Waals surface area (Å²) < 4.78 is 0. The number of rotatable bonds is 0. The number of allylic oxidation sites excluding steroid dienone is 8. The number of carbonyl (C=O) groups is 2. The van der Waals surface area contributed by atoms with Crippen LogP contribution in [0.15, 0.2) is 47.1 Å². The monoisotopic (exact) mass is 236 g/mol. The van der Waals surface area contributed by atoms with Gasteiger partial charge in [-0.25, -0.2) is 0 Å². The van der Waals surface area contributed by atoms with Gasteiger partial charge in [0, 0.05) is 17.4 Å². The Bertz CT molecular complexity index is 644. The summed E-state index contributed by atoms with van der Waals surface area (Å²) in [6, 6.07) is 0. The number of hydrogen-bond acceptors (Lipinski definition) is 2. The maximum absolute atomic E-state index is 12.7. The molecule has 0 amide bonds. The third-order valence-electron chi connectivity index (χ3n) is 5.35. The van der Waals surface area contributed by atoms with E-state index < -0.39 is 0 Å². The molecule has 18 heavy (non-hydrogen) atoms. The fourth-order valence-corrected chi connectivity index (χ4v) is 4.67. The third kappa shape index (κ3) is 0.798. The van der Waals surface area contributed by atoms with E-state index in [2.05, 4.69) is 12.2 Å². The first-order valence-electron chi connectivity index (χ1n) is 6.66. The number of ketones is 2. The number of hydrogen-bond donors (Lipinski definition) is 0. The zero-order chi connectivity index (χ0) is 12.0. The van der Waals surface area contributed by atoms with Crippen molar-refractivity contribution < 1.29 is 9.59 Å². The van der Waals surface area contributed by atoms with Crippen LogP contribution in [0.2, 0.25) is 0 Å². The fourth-order valence-electron chi connectivity index (χ4n) is 4.67. The Balaban J connectivity index is 1.73. The minimum absolute atomic E-state index is 0.0319. The molecule has 2 fully saturated rings. The molecule has 0 spiro atoms. The highest BCUT2D eigenvalue weighted by molar-refractivity contribution is 6.14. The fraction of sp³-hybridized carbons (Fsp3) is 0.375. The molecular formula is C16H12O2. The highest BCUT2D eigenvalue weighted by Gasteiger charge is 2.59. The van der Waals surface area contributed by atoms with Crippen LogP contribution in [0.1, 0.15) is 6.42 Å². The Kier molecular flexibility index (Phi) is 1.37. The molecule has 0 saturated heterocycles. The van der Waals surface area contributed by atoms with Crippen molar-refractivity contribution in [2.75, 3.05) is 0 Å². The summed E-state index contributed by atoms with van der Waals surface area (Å²) in [6.45, 7) is 0. The van der Waals surface area contributed by atoms with Crippen molar-refractivity contribution in [2.24, 2.45) is 29.6 Å². The van der Waals surface area contributed by atoms with Crippen LogP contribution in [0.3, 0.4) is 0 Å². The Hall–Kier alpha value is -1.70. The van der Waals surface area contributed by atoms with Crippen LogP contribution < -0.4 is 0 Å². The van der Waals surface area contributed by atoms with Crippen molar-refractivity contribution in [1.82, 2.24) is 0 Å². The molecule has 0 aromatic heterocycles. The summed E-state index contributed by atoms with van der Waals surface area (Å²) in [5.74, 6) is 0.907. The molecule has 5 aliphatic carbocycles. The van der Waals surface area contributed by atoms with E-state index in [4.69, 9.17) is 0 Å². The lowest BCUT2D eigenvalue weighted by molar-refractivity contribution is -0.136. The molecule has 0 radical (unpaired) electrons. The normalized spacial score (nSPS) is 46.0. The topological polar surface area (TPSA) is 34.1 Å². The van der Waals surface area contributed by atoms with E-state index in [1.54, 1.807) is 0 Å². The molecule has 0 heterocycles. The van der Waals surface area contributed by atoms with Crippen LogP contribution in [0.25, 0.3) is 0 Å². The van der Waals surface area contributed by atoms with Gasteiger partial charge in [0.15, 0.2) is 5.78 Å². The molecule has 0 aliphatic heterocycles. The maximum atomic E-state index is 12.7. The standard InChI is InChI=1S/C16H12O2/c17-15-11-7-1-2-8(5-7)12(11)16(18)14-10-4-3-9(6-10)13(14)15/h1-5,9-11,13-14H,6H2. The molecule has 88 valence electrons. The van der Waals surface area contributed by atoms with Gasteiger partial charge in [0.1, 0.15) is 5.78 Å². The molecule has 2 nitrogen and oxygen atoms in total. The van der Waals surface area contributed by atoms with E-state index in [1.165, 1.54) is 0 Å². The minimum atomic E-state index is -0.216. The largest absolute Gasteiger partial charge is 0.298 e. The Morgan fingerprint density at radius 1 is 1.00 bits per heavy atom. The molecule has 0 aromatic carbocycles. The zero-order valence-corrected chi connectivity index (χ0v) is 9.80. The zero-order valence-electron chi connectivity index (χ0n) is 9.80. The predicted octanol–water partition coefficient (Wildman–Crippen LogP) is 2.00. The molecule has 5 unspecified atom stereocenters. The first-order valence-corrected chi connectivity index (χ1v) is 6.66. The van der Waals surface area contributed by atoms with Crippen LogP contribution in [-0.2, 0) is 9.59 Å². The average molecular weight is 236 g/mol. The summed E-state index contributed by atoms with van der Waals surface area (Å²) in [6.07, 6.45) is 11.3. The molecule has 5 rings (SSSR count). The second-order valence-corrected chi connectivity index (χ2v) is 6.05. The summed E-state index contributed by atoms with van der Waals surface area (Å²) in [5, 5.41) is 0. The van der Waals surface area contributed by atoms with E-state index in [-0.39, 0.29) is 23.5 Å².